The highest BCUT2D eigenvalue weighted by Crippen LogP contribution is 2.22. The SMILES string of the molecule is O=C(N/N=C\c1cc([N+](=O)[O-])ccc1O)C(=O)N/N=C/c1cc([N+](=O)[O-])ccc1O. The fourth-order valence-electron chi connectivity index (χ4n) is 1.94. The molecule has 0 saturated heterocycles. The number of carbonyl (C=O) groups is 2. The molecule has 2 amide bonds. The summed E-state index contributed by atoms with van der Waals surface area (Å²) in [6.45, 7) is 0. The first-order chi connectivity index (χ1) is 14.2. The van der Waals surface area contributed by atoms with Crippen LogP contribution in [0, 0.1) is 20.2 Å². The van der Waals surface area contributed by atoms with Crippen LogP contribution in [0.3, 0.4) is 0 Å². The Kier molecular flexibility index (Phi) is 6.68. The molecule has 14 nitrogen and oxygen atoms in total. The number of benzene rings is 2. The number of amides is 2. The van der Waals surface area contributed by atoms with E-state index in [1.807, 2.05) is 10.9 Å². The van der Waals surface area contributed by atoms with Gasteiger partial charge in [0.25, 0.3) is 11.4 Å². The zero-order valence-electron chi connectivity index (χ0n) is 14.8. The third-order valence-electron chi connectivity index (χ3n) is 3.39. The number of rotatable bonds is 6. The van der Waals surface area contributed by atoms with E-state index in [4.69, 9.17) is 0 Å². The van der Waals surface area contributed by atoms with Gasteiger partial charge in [-0.25, -0.2) is 10.9 Å². The number of hydrogen-bond acceptors (Lipinski definition) is 10. The van der Waals surface area contributed by atoms with E-state index in [9.17, 15) is 40.0 Å². The van der Waals surface area contributed by atoms with Crippen molar-refractivity contribution in [2.45, 2.75) is 0 Å². The lowest BCUT2D eigenvalue weighted by atomic mass is 10.2. The van der Waals surface area contributed by atoms with Crippen molar-refractivity contribution in [2.24, 2.45) is 10.2 Å². The minimum atomic E-state index is -1.27. The van der Waals surface area contributed by atoms with Gasteiger partial charge in [-0.2, -0.15) is 10.2 Å². The van der Waals surface area contributed by atoms with E-state index in [2.05, 4.69) is 10.2 Å². The Hall–Kier alpha value is -4.88. The van der Waals surface area contributed by atoms with E-state index in [0.29, 0.717) is 0 Å². The van der Waals surface area contributed by atoms with Crippen LogP contribution in [0.5, 0.6) is 11.5 Å². The Labute approximate surface area is 166 Å². The molecule has 2 aromatic carbocycles. The van der Waals surface area contributed by atoms with Crippen LogP contribution in [0.15, 0.2) is 46.6 Å². The van der Waals surface area contributed by atoms with E-state index in [-0.39, 0.29) is 34.0 Å². The summed E-state index contributed by atoms with van der Waals surface area (Å²) in [7, 11) is 0. The van der Waals surface area contributed by atoms with Crippen LogP contribution in [0.1, 0.15) is 11.1 Å². The van der Waals surface area contributed by atoms with E-state index >= 15 is 0 Å². The quantitative estimate of drug-likeness (QED) is 0.225. The molecule has 30 heavy (non-hydrogen) atoms. The van der Waals surface area contributed by atoms with Gasteiger partial charge in [0.1, 0.15) is 11.5 Å². The van der Waals surface area contributed by atoms with Crippen LogP contribution in [0.25, 0.3) is 0 Å². The Balaban J connectivity index is 1.97. The van der Waals surface area contributed by atoms with Gasteiger partial charge in [-0.1, -0.05) is 0 Å². The van der Waals surface area contributed by atoms with E-state index in [1.54, 1.807) is 0 Å². The first kappa shape index (κ1) is 21.4. The van der Waals surface area contributed by atoms with Gasteiger partial charge >= 0.3 is 11.8 Å². The number of non-ortho nitro benzene ring substituents is 2. The van der Waals surface area contributed by atoms with E-state index < -0.39 is 21.7 Å². The summed E-state index contributed by atoms with van der Waals surface area (Å²) in [6.07, 6.45) is 1.77. The van der Waals surface area contributed by atoms with Crippen molar-refractivity contribution in [3.8, 4) is 11.5 Å². The average molecular weight is 416 g/mol. The van der Waals surface area contributed by atoms with Crippen molar-refractivity contribution < 1.29 is 29.6 Å². The molecule has 0 atom stereocenters. The van der Waals surface area contributed by atoms with Crippen molar-refractivity contribution >= 4 is 35.6 Å². The molecule has 0 radical (unpaired) electrons. The van der Waals surface area contributed by atoms with Crippen LogP contribution in [-0.2, 0) is 9.59 Å². The van der Waals surface area contributed by atoms with Gasteiger partial charge in [0.15, 0.2) is 0 Å². The van der Waals surface area contributed by atoms with E-state index in [1.165, 1.54) is 0 Å². The predicted molar refractivity (Wildman–Crippen MR) is 101 cm³/mol. The molecule has 0 aliphatic rings. The number of aromatic hydroxyl groups is 2. The van der Waals surface area contributed by atoms with Gasteiger partial charge in [-0.3, -0.25) is 29.8 Å². The lowest BCUT2D eigenvalue weighted by molar-refractivity contribution is -0.385. The molecule has 0 aromatic heterocycles. The fraction of sp³-hybridized carbons (Fsp3) is 0. The summed E-state index contributed by atoms with van der Waals surface area (Å²) in [5, 5.41) is 47.4. The molecule has 0 unspecified atom stereocenters. The Morgan fingerprint density at radius 3 is 1.50 bits per heavy atom. The maximum Gasteiger partial charge on any atom is 0.331 e. The van der Waals surface area contributed by atoms with E-state index in [0.717, 1.165) is 48.8 Å². The van der Waals surface area contributed by atoms with Gasteiger partial charge in [0.05, 0.1) is 22.3 Å². The highest BCUT2D eigenvalue weighted by molar-refractivity contribution is 6.35. The van der Waals surface area contributed by atoms with Crippen molar-refractivity contribution in [1.29, 1.82) is 0 Å². The van der Waals surface area contributed by atoms with Crippen molar-refractivity contribution in [3.63, 3.8) is 0 Å². The van der Waals surface area contributed by atoms with Gasteiger partial charge in [0.2, 0.25) is 0 Å². The van der Waals surface area contributed by atoms with Crippen LogP contribution in [-0.4, -0.2) is 44.3 Å². The molecule has 14 heteroatoms. The Morgan fingerprint density at radius 2 is 1.17 bits per heavy atom. The zero-order valence-corrected chi connectivity index (χ0v) is 14.8. The van der Waals surface area contributed by atoms with Crippen molar-refractivity contribution in [3.05, 3.63) is 67.8 Å². The van der Waals surface area contributed by atoms with Crippen LogP contribution in [0.2, 0.25) is 0 Å². The number of phenolic OH excluding ortho intramolecular Hbond substituents is 2. The first-order valence-electron chi connectivity index (χ1n) is 7.80. The van der Waals surface area contributed by atoms with Gasteiger partial charge in [0, 0.05) is 35.4 Å². The second kappa shape index (κ2) is 9.36. The average Bonchev–Trinajstić information content (AvgIpc) is 2.70. The third-order valence-corrected chi connectivity index (χ3v) is 3.39. The molecule has 0 heterocycles. The number of phenols is 2. The summed E-state index contributed by atoms with van der Waals surface area (Å²) < 4.78 is 0. The molecule has 2 rings (SSSR count). The number of nitro groups is 2. The molecule has 2 aromatic rings. The molecular formula is C16H12N6O8. The summed E-state index contributed by atoms with van der Waals surface area (Å²) in [5.74, 6) is -3.22. The fourth-order valence-corrected chi connectivity index (χ4v) is 1.94. The third kappa shape index (κ3) is 5.56. The zero-order chi connectivity index (χ0) is 22.3. The molecule has 4 N–H and O–H groups in total. The molecule has 0 saturated carbocycles. The lowest BCUT2D eigenvalue weighted by Crippen LogP contribution is -2.35. The highest BCUT2D eigenvalue weighted by Gasteiger charge is 2.13. The van der Waals surface area contributed by atoms with Crippen molar-refractivity contribution in [2.75, 3.05) is 0 Å². The summed E-state index contributed by atoms with van der Waals surface area (Å²) in [5.41, 5.74) is 2.83. The summed E-state index contributed by atoms with van der Waals surface area (Å²) in [6, 6.07) is 6.26. The number of carbonyl (C=O) groups excluding carboxylic acids is 2. The minimum absolute atomic E-state index is 0.0796. The Morgan fingerprint density at radius 1 is 0.800 bits per heavy atom. The van der Waals surface area contributed by atoms with Gasteiger partial charge in [-0.15, -0.1) is 0 Å². The van der Waals surface area contributed by atoms with Crippen LogP contribution < -0.4 is 10.9 Å². The molecule has 0 bridgehead atoms. The predicted octanol–water partition coefficient (Wildman–Crippen LogP) is 0.515. The number of hydrogen-bond donors (Lipinski definition) is 4. The standard InChI is InChI=1S/C16H12N6O8/c23-13-3-1-11(21(27)28)5-9(13)7-17-19-15(25)16(26)20-18-8-10-6-12(22(29)30)2-4-14(10)24/h1-8,23-24H,(H,19,25)(H,20,26)/b17-7-,18-8+. The largest absolute Gasteiger partial charge is 0.507 e. The monoisotopic (exact) mass is 416 g/mol. The van der Waals surface area contributed by atoms with Crippen LogP contribution in [0.4, 0.5) is 11.4 Å². The molecule has 0 aliphatic heterocycles. The highest BCUT2D eigenvalue weighted by atomic mass is 16.6. The lowest BCUT2D eigenvalue weighted by Gasteiger charge is -2.01. The molecule has 0 fully saturated rings. The topological polar surface area (TPSA) is 210 Å². The number of nitrogens with zero attached hydrogens (tertiary/aromatic N) is 4. The number of hydrazone groups is 2. The van der Waals surface area contributed by atoms with Crippen LogP contribution >= 0.6 is 0 Å². The van der Waals surface area contributed by atoms with Gasteiger partial charge in [-0.05, 0) is 12.1 Å². The second-order valence-electron chi connectivity index (χ2n) is 5.40. The second-order valence-corrected chi connectivity index (χ2v) is 5.40. The summed E-state index contributed by atoms with van der Waals surface area (Å²) in [4.78, 5) is 43.3. The molecule has 154 valence electrons. The Bertz CT molecular complexity index is 996. The maximum absolute atomic E-state index is 11.6. The minimum Gasteiger partial charge on any atom is -0.507 e. The molecule has 0 spiro atoms. The first-order valence-corrected chi connectivity index (χ1v) is 7.80. The number of nitrogens with one attached hydrogen (secondary N) is 2. The summed E-state index contributed by atoms with van der Waals surface area (Å²) >= 11 is 0. The maximum atomic E-state index is 11.6. The normalized spacial score (nSPS) is 10.8. The smallest absolute Gasteiger partial charge is 0.331 e. The number of nitro benzene ring substituents is 2. The molecular weight excluding hydrogens is 404 g/mol. The van der Waals surface area contributed by atoms with Gasteiger partial charge < -0.3 is 10.2 Å². The molecule has 0 aliphatic carbocycles. The van der Waals surface area contributed by atoms with Crippen molar-refractivity contribution in [1.82, 2.24) is 10.9 Å².